The Morgan fingerprint density at radius 2 is 2.04 bits per heavy atom. The fourth-order valence-electron chi connectivity index (χ4n) is 7.05. The first-order chi connectivity index (χ1) is 13.0. The quantitative estimate of drug-likeness (QED) is 0.755. The van der Waals surface area contributed by atoms with Gasteiger partial charge >= 0.3 is 0 Å². The van der Waals surface area contributed by atoms with Gasteiger partial charge in [-0.2, -0.15) is 0 Å². The van der Waals surface area contributed by atoms with Crippen LogP contribution >= 0.6 is 0 Å². The molecule has 2 N–H and O–H groups in total. The summed E-state index contributed by atoms with van der Waals surface area (Å²) in [4.78, 5) is 24.3. The molecule has 8 atom stereocenters. The smallest absolute Gasteiger partial charge is 0.196 e. The Labute approximate surface area is 163 Å². The Morgan fingerprint density at radius 3 is 2.68 bits per heavy atom. The lowest BCUT2D eigenvalue weighted by Crippen LogP contribution is -2.69. The number of aliphatic hydroxyl groups excluding tert-OH is 1. The zero-order valence-corrected chi connectivity index (χ0v) is 16.5. The van der Waals surface area contributed by atoms with Gasteiger partial charge in [-0.1, -0.05) is 32.9 Å². The molecule has 0 aromatic carbocycles. The second kappa shape index (κ2) is 5.82. The van der Waals surface area contributed by atoms with Crippen LogP contribution in [-0.2, 0) is 9.59 Å². The van der Waals surface area contributed by atoms with Gasteiger partial charge in [0.1, 0.15) is 5.60 Å². The van der Waals surface area contributed by atoms with Crippen LogP contribution in [0.25, 0.3) is 0 Å². The van der Waals surface area contributed by atoms with Gasteiger partial charge in [-0.05, 0) is 42.7 Å². The number of ketones is 2. The van der Waals surface area contributed by atoms with Crippen molar-refractivity contribution in [2.75, 3.05) is 6.67 Å². The highest BCUT2D eigenvalue weighted by Crippen LogP contribution is 2.69. The Bertz CT molecular complexity index is 806. The molecule has 2 saturated carbocycles. The van der Waals surface area contributed by atoms with E-state index in [2.05, 4.69) is 0 Å². The predicted molar refractivity (Wildman–Crippen MR) is 98.8 cm³/mol. The normalized spacial score (nSPS) is 52.5. The highest BCUT2D eigenvalue weighted by molar-refractivity contribution is 5.92. The number of halogens is 2. The number of carbonyl (C=O) groups is 2. The number of Topliss-reactive ketones (excluding diaryl/α,β-unsaturated/α-hetero) is 1. The van der Waals surface area contributed by atoms with E-state index >= 15 is 4.39 Å². The van der Waals surface area contributed by atoms with Gasteiger partial charge in [0.2, 0.25) is 0 Å². The highest BCUT2D eigenvalue weighted by Gasteiger charge is 2.75. The maximum absolute atomic E-state index is 16.8. The maximum Gasteiger partial charge on any atom is 0.196 e. The van der Waals surface area contributed by atoms with Gasteiger partial charge in [-0.25, -0.2) is 8.78 Å². The van der Waals surface area contributed by atoms with Crippen LogP contribution in [0.2, 0.25) is 0 Å². The third-order valence-electron chi connectivity index (χ3n) is 8.73. The average Bonchev–Trinajstić information content (AvgIpc) is 2.84. The Balaban J connectivity index is 1.87. The summed E-state index contributed by atoms with van der Waals surface area (Å²) in [5.41, 5.74) is -5.49. The van der Waals surface area contributed by atoms with E-state index in [-0.39, 0.29) is 18.6 Å². The number of aliphatic hydroxyl groups is 2. The zero-order chi connectivity index (χ0) is 20.7. The van der Waals surface area contributed by atoms with Gasteiger partial charge in [0.05, 0.1) is 6.10 Å². The van der Waals surface area contributed by atoms with E-state index < -0.39 is 58.4 Å². The van der Waals surface area contributed by atoms with Gasteiger partial charge in [0.15, 0.2) is 23.9 Å². The number of allylic oxidation sites excluding steroid dienone is 4. The van der Waals surface area contributed by atoms with Crippen molar-refractivity contribution in [3.8, 4) is 0 Å². The van der Waals surface area contributed by atoms with Crippen molar-refractivity contribution in [2.24, 2.45) is 28.6 Å². The molecule has 0 spiro atoms. The molecule has 0 aromatic rings. The third kappa shape index (κ3) is 2.01. The number of hydrogen-bond acceptors (Lipinski definition) is 4. The Morgan fingerprint density at radius 1 is 1.36 bits per heavy atom. The minimum Gasteiger partial charge on any atom is -0.390 e. The van der Waals surface area contributed by atoms with Crippen molar-refractivity contribution >= 4 is 11.6 Å². The number of rotatable bonds is 2. The lowest BCUT2D eigenvalue weighted by atomic mass is 9.45. The van der Waals surface area contributed by atoms with Gasteiger partial charge in [-0.15, -0.1) is 0 Å². The molecule has 4 nitrogen and oxygen atoms in total. The summed E-state index contributed by atoms with van der Waals surface area (Å²) in [6, 6.07) is 0. The number of carbonyl (C=O) groups excluding carboxylic acids is 2. The van der Waals surface area contributed by atoms with Gasteiger partial charge in [0, 0.05) is 23.2 Å². The summed E-state index contributed by atoms with van der Waals surface area (Å²) >= 11 is 0. The molecule has 2 fully saturated rings. The second-order valence-corrected chi connectivity index (χ2v) is 9.75. The molecule has 0 saturated heterocycles. The summed E-state index contributed by atoms with van der Waals surface area (Å²) in [5.74, 6) is -2.61. The molecule has 4 aliphatic rings. The lowest BCUT2D eigenvalue weighted by Gasteiger charge is -2.61. The van der Waals surface area contributed by atoms with Crippen molar-refractivity contribution in [3.63, 3.8) is 0 Å². The first-order valence-electron chi connectivity index (χ1n) is 10.1. The molecule has 0 aliphatic heterocycles. The summed E-state index contributed by atoms with van der Waals surface area (Å²) in [6.45, 7) is 3.85. The number of hydrogen-bond donors (Lipinski definition) is 2. The average molecular weight is 394 g/mol. The van der Waals surface area contributed by atoms with E-state index in [0.29, 0.717) is 18.4 Å². The fraction of sp³-hybridized carbons (Fsp3) is 0.727. The standard InChI is InChI=1S/C22H28F2O4/c1-12-8-16-15-5-4-13-9-14(25)6-7-19(13,2)21(15,24)17(26)10-20(16,3)22(12,28)18(27)11-23/h4-5,9,12,15-17,26,28H,6-8,10-11H2,1-3H3/t12?,15-,16-,17?,19-,20-,21-,22-/m0/s1. The van der Waals surface area contributed by atoms with Crippen LogP contribution in [0.4, 0.5) is 8.78 Å². The van der Waals surface area contributed by atoms with Crippen LogP contribution in [-0.4, -0.2) is 45.8 Å². The van der Waals surface area contributed by atoms with Gasteiger partial charge in [0.25, 0.3) is 0 Å². The molecule has 4 rings (SSSR count). The maximum atomic E-state index is 16.8. The molecule has 28 heavy (non-hydrogen) atoms. The summed E-state index contributed by atoms with van der Waals surface area (Å²) in [7, 11) is 0. The van der Waals surface area contributed by atoms with E-state index in [1.807, 2.05) is 0 Å². The van der Waals surface area contributed by atoms with Crippen LogP contribution < -0.4 is 0 Å². The van der Waals surface area contributed by atoms with E-state index in [4.69, 9.17) is 0 Å². The largest absolute Gasteiger partial charge is 0.390 e. The SMILES string of the molecule is CC1C[C@H]2[C@@H]3C=CC4=CC(=O)CC[C@]4(C)[C@@]3(F)C(O)C[C@]2(C)[C@@]1(O)C(=O)CF. The van der Waals surface area contributed by atoms with E-state index in [0.717, 1.165) is 0 Å². The molecule has 4 aliphatic carbocycles. The van der Waals surface area contributed by atoms with E-state index in [1.165, 1.54) is 6.08 Å². The molecule has 154 valence electrons. The Kier molecular flexibility index (Phi) is 4.13. The predicted octanol–water partition coefficient (Wildman–Crippen LogP) is 2.87. The molecule has 0 bridgehead atoms. The fourth-order valence-corrected chi connectivity index (χ4v) is 7.05. The number of fused-ring (bicyclic) bond motifs is 5. The molecule has 0 amide bonds. The van der Waals surface area contributed by atoms with Crippen LogP contribution in [0.3, 0.4) is 0 Å². The van der Waals surface area contributed by atoms with Crippen LogP contribution in [0, 0.1) is 28.6 Å². The number of alkyl halides is 2. The topological polar surface area (TPSA) is 74.6 Å². The van der Waals surface area contributed by atoms with E-state index in [1.54, 1.807) is 32.9 Å². The summed E-state index contributed by atoms with van der Waals surface area (Å²) < 4.78 is 30.1. The van der Waals surface area contributed by atoms with E-state index in [9.17, 15) is 24.2 Å². The van der Waals surface area contributed by atoms with Crippen molar-refractivity contribution in [1.82, 2.24) is 0 Å². The lowest BCUT2D eigenvalue weighted by molar-refractivity contribution is -0.212. The highest BCUT2D eigenvalue weighted by atomic mass is 19.1. The first kappa shape index (κ1) is 19.9. The van der Waals surface area contributed by atoms with Gasteiger partial charge in [-0.3, -0.25) is 9.59 Å². The van der Waals surface area contributed by atoms with Gasteiger partial charge < -0.3 is 10.2 Å². The summed E-state index contributed by atoms with van der Waals surface area (Å²) in [5, 5.41) is 22.4. The second-order valence-electron chi connectivity index (χ2n) is 9.75. The van der Waals surface area contributed by atoms with Crippen LogP contribution in [0.5, 0.6) is 0 Å². The zero-order valence-electron chi connectivity index (χ0n) is 16.5. The molecule has 0 radical (unpaired) electrons. The van der Waals surface area contributed by atoms with Crippen molar-refractivity contribution in [3.05, 3.63) is 23.8 Å². The minimum absolute atomic E-state index is 0.0493. The first-order valence-corrected chi connectivity index (χ1v) is 10.1. The Hall–Kier alpha value is -1.40. The molecular weight excluding hydrogens is 366 g/mol. The van der Waals surface area contributed by atoms with Crippen LogP contribution in [0.1, 0.15) is 46.5 Å². The third-order valence-corrected chi connectivity index (χ3v) is 8.73. The molecule has 0 aromatic heterocycles. The molecule has 2 unspecified atom stereocenters. The molecular formula is C22H28F2O4. The van der Waals surface area contributed by atoms with Crippen molar-refractivity contribution in [2.45, 2.75) is 63.8 Å². The molecule has 6 heteroatoms. The monoisotopic (exact) mass is 394 g/mol. The summed E-state index contributed by atoms with van der Waals surface area (Å²) in [6.07, 6.45) is 4.27. The van der Waals surface area contributed by atoms with Crippen LogP contribution in [0.15, 0.2) is 23.8 Å². The molecule has 0 heterocycles. The van der Waals surface area contributed by atoms with Crippen molar-refractivity contribution < 1.29 is 28.6 Å². The minimum atomic E-state index is -2.01. The van der Waals surface area contributed by atoms with Crippen molar-refractivity contribution in [1.29, 1.82) is 0 Å².